The Hall–Kier alpha value is -3.68. The van der Waals surface area contributed by atoms with Crippen LogP contribution >= 0.6 is 0 Å². The van der Waals surface area contributed by atoms with Gasteiger partial charge in [-0.15, -0.1) is 10.2 Å². The van der Waals surface area contributed by atoms with Crippen LogP contribution in [0.2, 0.25) is 0 Å². The van der Waals surface area contributed by atoms with E-state index >= 15 is 0 Å². The van der Waals surface area contributed by atoms with Crippen LogP contribution in [0.5, 0.6) is 11.5 Å². The number of nitrogens with zero attached hydrogens (tertiary/aromatic N) is 3. The molecule has 1 atom stereocenters. The van der Waals surface area contributed by atoms with Gasteiger partial charge in [0, 0.05) is 6.08 Å². The van der Waals surface area contributed by atoms with Crippen molar-refractivity contribution in [3.8, 4) is 11.5 Å². The number of para-hydroxylation sites is 1. The van der Waals surface area contributed by atoms with Gasteiger partial charge in [-0.2, -0.15) is 5.21 Å². The Kier molecular flexibility index (Phi) is 6.79. The number of anilines is 1. The SMILES string of the molecule is CCCCCc1ccc(C=CC(=O)Nc2cccc3c2OC(c2nn[nH]n2)CO3)cc1C. The van der Waals surface area contributed by atoms with Crippen LogP contribution in [-0.4, -0.2) is 33.1 Å². The smallest absolute Gasteiger partial charge is 0.248 e. The Labute approximate surface area is 187 Å². The van der Waals surface area contributed by atoms with Gasteiger partial charge in [0.2, 0.25) is 11.7 Å². The van der Waals surface area contributed by atoms with Crippen molar-refractivity contribution < 1.29 is 14.3 Å². The third-order valence-electron chi connectivity index (χ3n) is 5.38. The Morgan fingerprint density at radius 2 is 2.19 bits per heavy atom. The zero-order valence-corrected chi connectivity index (χ0v) is 18.3. The third kappa shape index (κ3) is 5.14. The molecule has 32 heavy (non-hydrogen) atoms. The number of ether oxygens (including phenoxy) is 2. The van der Waals surface area contributed by atoms with E-state index in [1.54, 1.807) is 18.2 Å². The first-order valence-electron chi connectivity index (χ1n) is 10.9. The van der Waals surface area contributed by atoms with Crippen LogP contribution < -0.4 is 14.8 Å². The number of unbranched alkanes of at least 4 members (excludes halogenated alkanes) is 2. The van der Waals surface area contributed by atoms with Crippen LogP contribution in [0.1, 0.15) is 54.8 Å². The molecule has 4 rings (SSSR count). The molecule has 0 saturated heterocycles. The molecule has 2 aromatic carbocycles. The molecule has 1 aliphatic heterocycles. The quantitative estimate of drug-likeness (QED) is 0.403. The molecular formula is C24H27N5O3. The Morgan fingerprint density at radius 1 is 1.28 bits per heavy atom. The molecule has 0 bridgehead atoms. The lowest BCUT2D eigenvalue weighted by atomic mass is 10.00. The summed E-state index contributed by atoms with van der Waals surface area (Å²) in [4.78, 5) is 12.6. The number of aromatic amines is 1. The number of tetrazole rings is 1. The van der Waals surface area contributed by atoms with Crippen LogP contribution in [0.15, 0.2) is 42.5 Å². The number of hydrogen-bond donors (Lipinski definition) is 2. The third-order valence-corrected chi connectivity index (χ3v) is 5.38. The van der Waals surface area contributed by atoms with Crippen molar-refractivity contribution in [1.82, 2.24) is 20.6 Å². The zero-order valence-electron chi connectivity index (χ0n) is 18.3. The van der Waals surface area contributed by atoms with Crippen molar-refractivity contribution in [1.29, 1.82) is 0 Å². The van der Waals surface area contributed by atoms with Crippen LogP contribution in [0.25, 0.3) is 6.08 Å². The number of rotatable bonds is 8. The monoisotopic (exact) mass is 433 g/mol. The van der Waals surface area contributed by atoms with E-state index in [-0.39, 0.29) is 12.5 Å². The Morgan fingerprint density at radius 3 is 2.97 bits per heavy atom. The second-order valence-electron chi connectivity index (χ2n) is 7.79. The lowest BCUT2D eigenvalue weighted by Crippen LogP contribution is -2.24. The summed E-state index contributed by atoms with van der Waals surface area (Å²) < 4.78 is 11.7. The van der Waals surface area contributed by atoms with Gasteiger partial charge >= 0.3 is 0 Å². The number of amides is 1. The molecule has 1 amide bonds. The molecule has 2 N–H and O–H groups in total. The minimum Gasteiger partial charge on any atom is -0.485 e. The largest absolute Gasteiger partial charge is 0.485 e. The van der Waals surface area contributed by atoms with Crippen LogP contribution in [0.3, 0.4) is 0 Å². The van der Waals surface area contributed by atoms with Gasteiger partial charge in [-0.3, -0.25) is 4.79 Å². The molecule has 0 saturated carbocycles. The van der Waals surface area contributed by atoms with Crippen molar-refractivity contribution in [2.24, 2.45) is 0 Å². The highest BCUT2D eigenvalue weighted by Gasteiger charge is 2.28. The summed E-state index contributed by atoms with van der Waals surface area (Å²) in [5, 5.41) is 16.7. The van der Waals surface area contributed by atoms with E-state index in [0.717, 1.165) is 12.0 Å². The van der Waals surface area contributed by atoms with Gasteiger partial charge in [0.25, 0.3) is 0 Å². The fourth-order valence-electron chi connectivity index (χ4n) is 3.64. The predicted octanol–water partition coefficient (Wildman–Crippen LogP) is 4.41. The fraction of sp³-hybridized carbons (Fsp3) is 0.333. The maximum Gasteiger partial charge on any atom is 0.248 e. The van der Waals surface area contributed by atoms with Gasteiger partial charge in [0.05, 0.1) is 5.69 Å². The Bertz CT molecular complexity index is 1100. The maximum absolute atomic E-state index is 12.6. The van der Waals surface area contributed by atoms with E-state index in [4.69, 9.17) is 9.47 Å². The summed E-state index contributed by atoms with van der Waals surface area (Å²) in [5.74, 6) is 1.14. The standard InChI is InChI=1S/C24H27N5O3/c1-3-4-5-7-18-12-10-17(14-16(18)2)11-13-22(30)25-19-8-6-9-20-23(19)32-21(15-31-20)24-26-28-29-27-24/h6,8-14,21H,3-5,7,15H2,1-2H3,(H,25,30)(H,26,27,28,29). The van der Waals surface area contributed by atoms with Crippen molar-refractivity contribution in [3.63, 3.8) is 0 Å². The van der Waals surface area contributed by atoms with Crippen LogP contribution in [0.4, 0.5) is 5.69 Å². The number of H-pyrrole nitrogens is 1. The molecular weight excluding hydrogens is 406 g/mol. The molecule has 3 aromatic rings. The number of carbonyl (C=O) groups is 1. The molecule has 0 spiro atoms. The van der Waals surface area contributed by atoms with Gasteiger partial charge in [-0.25, -0.2) is 0 Å². The van der Waals surface area contributed by atoms with Crippen molar-refractivity contribution >= 4 is 17.7 Å². The summed E-state index contributed by atoms with van der Waals surface area (Å²) in [7, 11) is 0. The van der Waals surface area contributed by atoms with Crippen molar-refractivity contribution in [2.45, 2.75) is 45.6 Å². The van der Waals surface area contributed by atoms with Crippen molar-refractivity contribution in [2.75, 3.05) is 11.9 Å². The first kappa shape index (κ1) is 21.5. The molecule has 1 aliphatic rings. The molecule has 2 heterocycles. The van der Waals surface area contributed by atoms with Gasteiger partial charge in [-0.1, -0.05) is 49.2 Å². The highest BCUT2D eigenvalue weighted by molar-refractivity contribution is 6.03. The minimum atomic E-state index is -0.506. The number of carbonyl (C=O) groups excluding carboxylic acids is 1. The molecule has 1 aromatic heterocycles. The summed E-state index contributed by atoms with van der Waals surface area (Å²) in [5.41, 5.74) is 4.12. The topological polar surface area (TPSA) is 102 Å². The lowest BCUT2D eigenvalue weighted by Gasteiger charge is -2.26. The fourth-order valence-corrected chi connectivity index (χ4v) is 3.64. The first-order valence-corrected chi connectivity index (χ1v) is 10.9. The second kappa shape index (κ2) is 10.1. The van der Waals surface area contributed by atoms with E-state index in [2.05, 4.69) is 58.0 Å². The predicted molar refractivity (Wildman–Crippen MR) is 122 cm³/mol. The molecule has 1 unspecified atom stereocenters. The van der Waals surface area contributed by atoms with Gasteiger partial charge < -0.3 is 14.8 Å². The van der Waals surface area contributed by atoms with Crippen molar-refractivity contribution in [3.05, 3.63) is 65.0 Å². The number of nitrogens with one attached hydrogen (secondary N) is 2. The summed E-state index contributed by atoms with van der Waals surface area (Å²) >= 11 is 0. The number of hydrogen-bond acceptors (Lipinski definition) is 6. The number of aryl methyl sites for hydroxylation is 2. The number of aromatic nitrogens is 4. The van der Waals surface area contributed by atoms with Gasteiger partial charge in [-0.05, 0) is 54.7 Å². The van der Waals surface area contributed by atoms with E-state index < -0.39 is 6.10 Å². The Balaban J connectivity index is 1.42. The normalized spacial score (nSPS) is 15.1. The highest BCUT2D eigenvalue weighted by atomic mass is 16.6. The lowest BCUT2D eigenvalue weighted by molar-refractivity contribution is -0.111. The molecule has 8 nitrogen and oxygen atoms in total. The molecule has 0 fully saturated rings. The summed E-state index contributed by atoms with van der Waals surface area (Å²) in [6, 6.07) is 11.7. The van der Waals surface area contributed by atoms with Crippen LogP contribution in [-0.2, 0) is 11.2 Å². The summed E-state index contributed by atoms with van der Waals surface area (Å²) in [6.07, 6.45) is 7.59. The van der Waals surface area contributed by atoms with Crippen LogP contribution in [0, 0.1) is 6.92 Å². The number of fused-ring (bicyclic) bond motifs is 1. The molecule has 0 radical (unpaired) electrons. The average Bonchev–Trinajstić information content (AvgIpc) is 3.34. The first-order chi connectivity index (χ1) is 15.6. The maximum atomic E-state index is 12.6. The van der Waals surface area contributed by atoms with E-state index in [0.29, 0.717) is 23.0 Å². The van der Waals surface area contributed by atoms with E-state index in [1.807, 2.05) is 6.08 Å². The number of benzene rings is 2. The van der Waals surface area contributed by atoms with Gasteiger partial charge in [0.15, 0.2) is 17.6 Å². The molecule has 0 aliphatic carbocycles. The van der Waals surface area contributed by atoms with Gasteiger partial charge in [0.1, 0.15) is 6.61 Å². The average molecular weight is 434 g/mol. The highest BCUT2D eigenvalue weighted by Crippen LogP contribution is 2.41. The van der Waals surface area contributed by atoms with E-state index in [9.17, 15) is 4.79 Å². The minimum absolute atomic E-state index is 0.256. The van der Waals surface area contributed by atoms with E-state index in [1.165, 1.54) is 36.5 Å². The summed E-state index contributed by atoms with van der Waals surface area (Å²) in [6.45, 7) is 4.59. The zero-order chi connectivity index (χ0) is 22.3. The molecule has 8 heteroatoms. The second-order valence-corrected chi connectivity index (χ2v) is 7.79. The molecule has 166 valence electrons.